The Morgan fingerprint density at radius 2 is 1.33 bits per heavy atom. The zero-order valence-electron chi connectivity index (χ0n) is 20.0. The van der Waals surface area contributed by atoms with Gasteiger partial charge in [-0.2, -0.15) is 0 Å². The molecule has 27 heavy (non-hydrogen) atoms. The summed E-state index contributed by atoms with van der Waals surface area (Å²) in [5, 5.41) is 0. The van der Waals surface area contributed by atoms with Gasteiger partial charge in [0, 0.05) is 5.54 Å². The molecular weight excluding hydrogens is 326 g/mol. The molecule has 1 heteroatoms. The third-order valence-corrected chi connectivity index (χ3v) is 8.36. The average molecular weight is 380 g/mol. The summed E-state index contributed by atoms with van der Waals surface area (Å²) in [6.07, 6.45) is 21.8. The Kier molecular flexibility index (Phi) is 11.0. The molecule has 0 aromatic rings. The van der Waals surface area contributed by atoms with Crippen LogP contribution in [0.1, 0.15) is 144 Å². The molecule has 0 amide bonds. The van der Waals surface area contributed by atoms with E-state index in [1.165, 1.54) is 103 Å². The lowest BCUT2D eigenvalue weighted by atomic mass is 9.48. The van der Waals surface area contributed by atoms with Crippen LogP contribution in [0.3, 0.4) is 0 Å². The number of hydrogen-bond acceptors (Lipinski definition) is 1. The molecule has 0 bridgehead atoms. The van der Waals surface area contributed by atoms with E-state index in [0.29, 0.717) is 10.8 Å². The maximum atomic E-state index is 7.18. The molecule has 0 aromatic carbocycles. The van der Waals surface area contributed by atoms with Crippen LogP contribution in [0, 0.1) is 16.7 Å². The molecule has 2 N–H and O–H groups in total. The van der Waals surface area contributed by atoms with E-state index in [1.54, 1.807) is 0 Å². The zero-order valence-corrected chi connectivity index (χ0v) is 20.0. The first kappa shape index (κ1) is 25.0. The van der Waals surface area contributed by atoms with Gasteiger partial charge in [0.25, 0.3) is 0 Å². The second kappa shape index (κ2) is 11.8. The quantitative estimate of drug-likeness (QED) is 0.283. The minimum atomic E-state index is 0.00439. The van der Waals surface area contributed by atoms with Gasteiger partial charge in [0.15, 0.2) is 0 Å². The summed E-state index contributed by atoms with van der Waals surface area (Å²) in [7, 11) is 0. The molecule has 0 saturated heterocycles. The summed E-state index contributed by atoms with van der Waals surface area (Å²) >= 11 is 0. The second-order valence-electron chi connectivity index (χ2n) is 10.5. The van der Waals surface area contributed by atoms with Crippen LogP contribution < -0.4 is 5.73 Å². The Morgan fingerprint density at radius 1 is 0.815 bits per heavy atom. The van der Waals surface area contributed by atoms with Gasteiger partial charge < -0.3 is 5.73 Å². The summed E-state index contributed by atoms with van der Waals surface area (Å²) in [4.78, 5) is 0. The Balaban J connectivity index is 3.11. The number of unbranched alkanes of at least 4 members (excludes halogenated alkanes) is 7. The first-order valence-electron chi connectivity index (χ1n) is 12.6. The van der Waals surface area contributed by atoms with Gasteiger partial charge in [-0.3, -0.25) is 0 Å². The van der Waals surface area contributed by atoms with Gasteiger partial charge in [-0.05, 0) is 49.4 Å². The van der Waals surface area contributed by atoms with E-state index >= 15 is 0 Å². The first-order valence-corrected chi connectivity index (χ1v) is 12.6. The van der Waals surface area contributed by atoms with Crippen LogP contribution in [-0.4, -0.2) is 5.54 Å². The normalized spacial score (nSPS) is 27.2. The molecule has 162 valence electrons. The van der Waals surface area contributed by atoms with Gasteiger partial charge in [-0.25, -0.2) is 0 Å². The van der Waals surface area contributed by atoms with Crippen molar-refractivity contribution >= 4 is 0 Å². The molecule has 1 aliphatic rings. The highest BCUT2D eigenvalue weighted by atomic mass is 14.8. The summed E-state index contributed by atoms with van der Waals surface area (Å²) in [6, 6.07) is 0. The van der Waals surface area contributed by atoms with E-state index in [4.69, 9.17) is 5.73 Å². The largest absolute Gasteiger partial charge is 0.325 e. The standard InChI is InChI=1S/C26H53N/c1-7-10-13-15-19-24(5,20-16-14-11-8-2)26(23(4)18-12-9-3)22-17-21-25(26,6)27/h23H,7-22,27H2,1-6H3. The van der Waals surface area contributed by atoms with E-state index in [9.17, 15) is 0 Å². The third kappa shape index (κ3) is 5.97. The monoisotopic (exact) mass is 379 g/mol. The predicted octanol–water partition coefficient (Wildman–Crippen LogP) is 8.65. The van der Waals surface area contributed by atoms with Gasteiger partial charge in [0.05, 0.1) is 0 Å². The van der Waals surface area contributed by atoms with Crippen LogP contribution >= 0.6 is 0 Å². The van der Waals surface area contributed by atoms with Crippen molar-refractivity contribution in [1.29, 1.82) is 0 Å². The Bertz CT molecular complexity index is 374. The number of hydrogen-bond donors (Lipinski definition) is 1. The van der Waals surface area contributed by atoms with E-state index in [1.807, 2.05) is 0 Å². The van der Waals surface area contributed by atoms with E-state index in [2.05, 4.69) is 41.5 Å². The molecule has 0 heterocycles. The first-order chi connectivity index (χ1) is 12.8. The molecule has 3 unspecified atom stereocenters. The summed E-state index contributed by atoms with van der Waals surface area (Å²) < 4.78 is 0. The molecule has 1 aliphatic carbocycles. The van der Waals surface area contributed by atoms with Crippen LogP contribution in [0.5, 0.6) is 0 Å². The lowest BCUT2D eigenvalue weighted by Crippen LogP contribution is -2.60. The molecule has 1 rings (SSSR count). The van der Waals surface area contributed by atoms with Crippen molar-refractivity contribution in [2.75, 3.05) is 0 Å². The third-order valence-electron chi connectivity index (χ3n) is 8.36. The van der Waals surface area contributed by atoms with E-state index < -0.39 is 0 Å². The van der Waals surface area contributed by atoms with Crippen LogP contribution in [0.2, 0.25) is 0 Å². The molecule has 1 fully saturated rings. The summed E-state index contributed by atoms with van der Waals surface area (Å²) in [5.41, 5.74) is 7.91. The molecular formula is C26H53N. The molecule has 0 radical (unpaired) electrons. The fourth-order valence-corrected chi connectivity index (χ4v) is 6.85. The van der Waals surface area contributed by atoms with Gasteiger partial charge in [0.1, 0.15) is 0 Å². The smallest absolute Gasteiger partial charge is 0.0190 e. The van der Waals surface area contributed by atoms with Crippen LogP contribution in [-0.2, 0) is 0 Å². The van der Waals surface area contributed by atoms with Gasteiger partial charge in [-0.15, -0.1) is 0 Å². The number of rotatable bonds is 15. The fraction of sp³-hybridized carbons (Fsp3) is 1.00. The molecule has 0 aromatic heterocycles. The van der Waals surface area contributed by atoms with Gasteiger partial charge in [-0.1, -0.05) is 112 Å². The van der Waals surface area contributed by atoms with Gasteiger partial charge >= 0.3 is 0 Å². The minimum Gasteiger partial charge on any atom is -0.325 e. The van der Waals surface area contributed by atoms with Crippen molar-refractivity contribution in [1.82, 2.24) is 0 Å². The highest BCUT2D eigenvalue weighted by Crippen LogP contribution is 2.64. The van der Waals surface area contributed by atoms with Crippen molar-refractivity contribution < 1.29 is 0 Å². The summed E-state index contributed by atoms with van der Waals surface area (Å²) in [6.45, 7) is 14.6. The van der Waals surface area contributed by atoms with Crippen molar-refractivity contribution in [2.24, 2.45) is 22.5 Å². The van der Waals surface area contributed by atoms with Crippen LogP contribution in [0.15, 0.2) is 0 Å². The van der Waals surface area contributed by atoms with Crippen LogP contribution in [0.4, 0.5) is 0 Å². The lowest BCUT2D eigenvalue weighted by Gasteiger charge is -2.58. The Hall–Kier alpha value is -0.0400. The molecule has 0 aliphatic heterocycles. The van der Waals surface area contributed by atoms with Crippen molar-refractivity contribution in [3.8, 4) is 0 Å². The number of nitrogens with two attached hydrogens (primary N) is 1. The highest BCUT2D eigenvalue weighted by molar-refractivity contribution is 5.13. The predicted molar refractivity (Wildman–Crippen MR) is 123 cm³/mol. The topological polar surface area (TPSA) is 26.0 Å². The highest BCUT2D eigenvalue weighted by Gasteiger charge is 2.60. The van der Waals surface area contributed by atoms with E-state index in [0.717, 1.165) is 5.92 Å². The molecule has 1 nitrogen and oxygen atoms in total. The average Bonchev–Trinajstić information content (AvgIpc) is 2.96. The Morgan fingerprint density at radius 3 is 1.74 bits per heavy atom. The maximum absolute atomic E-state index is 7.18. The SMILES string of the molecule is CCCCCCC(C)(CCCCCC)C1(C(C)CCCC)CCCC1(C)N. The van der Waals surface area contributed by atoms with E-state index in [-0.39, 0.29) is 5.54 Å². The van der Waals surface area contributed by atoms with Crippen LogP contribution in [0.25, 0.3) is 0 Å². The molecule has 1 saturated carbocycles. The maximum Gasteiger partial charge on any atom is 0.0190 e. The second-order valence-corrected chi connectivity index (χ2v) is 10.5. The van der Waals surface area contributed by atoms with Crippen molar-refractivity contribution in [2.45, 2.75) is 150 Å². The molecule has 3 atom stereocenters. The van der Waals surface area contributed by atoms with Gasteiger partial charge in [0.2, 0.25) is 0 Å². The Labute approximate surface area is 172 Å². The fourth-order valence-electron chi connectivity index (χ4n) is 6.85. The zero-order chi connectivity index (χ0) is 20.4. The minimum absolute atomic E-state index is 0.00439. The van der Waals surface area contributed by atoms with Crippen molar-refractivity contribution in [3.63, 3.8) is 0 Å². The van der Waals surface area contributed by atoms with Crippen molar-refractivity contribution in [3.05, 3.63) is 0 Å². The lowest BCUT2D eigenvalue weighted by molar-refractivity contribution is -0.0676. The molecule has 0 spiro atoms. The summed E-state index contributed by atoms with van der Waals surface area (Å²) in [5.74, 6) is 0.748.